The zero-order chi connectivity index (χ0) is 77.5. The van der Waals surface area contributed by atoms with Gasteiger partial charge in [0.15, 0.2) is 11.7 Å². The maximum atomic E-state index is 15.4. The Morgan fingerprint density at radius 3 is 1.88 bits per heavy atom. The number of halogens is 1. The number of rotatable bonds is 24. The lowest BCUT2D eigenvalue weighted by Gasteiger charge is -2.47. The van der Waals surface area contributed by atoms with Crippen molar-refractivity contribution in [1.29, 1.82) is 0 Å². The molecule has 582 valence electrons. The van der Waals surface area contributed by atoms with Crippen LogP contribution in [0, 0.1) is 17.7 Å². The maximum Gasteiger partial charge on any atom is 0.243 e. The number of nitrogens with one attached hydrogen (secondary N) is 8. The van der Waals surface area contributed by atoms with E-state index < -0.39 is 114 Å². The van der Waals surface area contributed by atoms with Gasteiger partial charge in [0.05, 0.1) is 6.10 Å². The molecule has 4 aliphatic rings. The van der Waals surface area contributed by atoms with Crippen molar-refractivity contribution in [3.8, 4) is 0 Å². The van der Waals surface area contributed by atoms with E-state index in [1.165, 1.54) is 65.3 Å². The molecular formula is C84H109FN14O10. The lowest BCUT2D eigenvalue weighted by molar-refractivity contribution is -0.141. The normalized spacial score (nSPS) is 24.1. The van der Waals surface area contributed by atoms with Crippen molar-refractivity contribution in [2.45, 2.75) is 203 Å². The van der Waals surface area contributed by atoms with Gasteiger partial charge in [0.25, 0.3) is 0 Å². The van der Waals surface area contributed by atoms with Crippen LogP contribution in [-0.4, -0.2) is 173 Å². The fraction of sp³-hybridized carbons (Fsp3) is 0.476. The topological polar surface area (TPSA) is 371 Å². The number of benzene rings is 5. The van der Waals surface area contributed by atoms with Crippen molar-refractivity contribution < 1.29 is 52.6 Å². The van der Waals surface area contributed by atoms with Gasteiger partial charge in [-0.15, -0.1) is 0 Å². The molecule has 0 saturated carbocycles. The summed E-state index contributed by atoms with van der Waals surface area (Å²) in [6.45, 7) is 4.26. The van der Waals surface area contributed by atoms with Gasteiger partial charge < -0.3 is 74.3 Å². The first-order valence-corrected chi connectivity index (χ1v) is 38.8. The van der Waals surface area contributed by atoms with E-state index in [2.05, 4.69) is 83.4 Å². The molecule has 10 rings (SSSR count). The first-order valence-electron chi connectivity index (χ1n) is 38.8. The minimum Gasteiger partial charge on any atom is -0.391 e. The molecule has 25 heteroatoms. The molecule has 6 aromatic rings. The number of guanidine groups is 1. The van der Waals surface area contributed by atoms with Gasteiger partial charge in [-0.25, -0.2) is 4.39 Å². The average molecular weight is 1490 g/mol. The van der Waals surface area contributed by atoms with Crippen molar-refractivity contribution in [2.24, 2.45) is 34.0 Å². The number of hydrogen-bond donors (Lipinski definition) is 12. The summed E-state index contributed by atoms with van der Waals surface area (Å²) in [6, 6.07) is 28.1. The van der Waals surface area contributed by atoms with Crippen molar-refractivity contribution >= 4 is 75.5 Å². The van der Waals surface area contributed by atoms with Gasteiger partial charge in [0.2, 0.25) is 47.3 Å². The molecule has 5 aromatic carbocycles. The highest BCUT2D eigenvalue weighted by molar-refractivity contribution is 5.99. The van der Waals surface area contributed by atoms with E-state index in [1.807, 2.05) is 24.3 Å². The number of carbonyl (C=O) groups excluding carboxylic acids is 9. The van der Waals surface area contributed by atoms with E-state index in [0.717, 1.165) is 56.0 Å². The number of aromatic nitrogens is 1. The van der Waals surface area contributed by atoms with Crippen LogP contribution in [0.2, 0.25) is 0 Å². The van der Waals surface area contributed by atoms with Gasteiger partial charge in [-0.05, 0) is 179 Å². The summed E-state index contributed by atoms with van der Waals surface area (Å²) in [6.07, 6.45) is 9.56. The third-order valence-electron chi connectivity index (χ3n) is 21.9. The third-order valence-corrected chi connectivity index (χ3v) is 21.9. The zero-order valence-electron chi connectivity index (χ0n) is 63.0. The number of piperidine rings is 1. The first-order chi connectivity index (χ1) is 52.6. The molecule has 2 fully saturated rings. The summed E-state index contributed by atoms with van der Waals surface area (Å²) in [4.78, 5) is 147. The van der Waals surface area contributed by atoms with Crippen molar-refractivity contribution in [3.05, 3.63) is 184 Å². The van der Waals surface area contributed by atoms with Crippen molar-refractivity contribution in [3.63, 3.8) is 0 Å². The molecule has 0 bridgehead atoms. The predicted molar refractivity (Wildman–Crippen MR) is 418 cm³/mol. The Morgan fingerprint density at radius 1 is 0.633 bits per heavy atom. The fourth-order valence-corrected chi connectivity index (χ4v) is 16.2. The number of aliphatic hydroxyl groups is 1. The molecule has 0 unspecified atom stereocenters. The van der Waals surface area contributed by atoms with Gasteiger partial charge >= 0.3 is 0 Å². The van der Waals surface area contributed by atoms with E-state index in [0.29, 0.717) is 59.4 Å². The Morgan fingerprint density at radius 2 is 1.23 bits per heavy atom. The molecular weight excluding hydrogens is 1380 g/mol. The monoisotopic (exact) mass is 1490 g/mol. The van der Waals surface area contributed by atoms with Crippen molar-refractivity contribution in [2.75, 3.05) is 39.8 Å². The molecule has 24 nitrogen and oxygen atoms in total. The quantitative estimate of drug-likeness (QED) is 0.0184. The number of fused-ring (bicyclic) bond motifs is 3. The number of likely N-dealkylation sites (tertiary alicyclic amines) is 1. The Labute approximate surface area is 638 Å². The number of amides is 8. The highest BCUT2D eigenvalue weighted by atomic mass is 19.1. The molecule has 1 aromatic heterocycles. The number of ketones is 1. The van der Waals surface area contributed by atoms with Gasteiger partial charge in [0.1, 0.15) is 48.1 Å². The molecule has 3 heterocycles. The molecule has 0 spiro atoms. The van der Waals surface area contributed by atoms with Crippen LogP contribution in [0.4, 0.5) is 4.39 Å². The van der Waals surface area contributed by atoms with E-state index in [9.17, 15) is 28.7 Å². The van der Waals surface area contributed by atoms with Crippen LogP contribution >= 0.6 is 0 Å². The van der Waals surface area contributed by atoms with Crippen LogP contribution in [0.3, 0.4) is 0 Å². The number of likely N-dealkylation sites (N-methyl/N-ethyl adjacent to an activating group) is 1. The Bertz CT molecular complexity index is 4170. The van der Waals surface area contributed by atoms with Crippen LogP contribution in [-0.2, 0) is 75.3 Å². The minimum absolute atomic E-state index is 0.00388. The van der Waals surface area contributed by atoms with E-state index in [4.69, 9.17) is 17.2 Å². The summed E-state index contributed by atoms with van der Waals surface area (Å²) in [5, 5.41) is 32.3. The number of nitrogens with zero attached hydrogens (tertiary/aromatic N) is 3. The molecule has 8 amide bonds. The number of aromatic amines is 1. The van der Waals surface area contributed by atoms with Gasteiger partial charge in [-0.2, -0.15) is 0 Å². The highest BCUT2D eigenvalue weighted by Crippen LogP contribution is 2.50. The predicted octanol–water partition coefficient (Wildman–Crippen LogP) is 6.15. The van der Waals surface area contributed by atoms with E-state index >= 15 is 24.0 Å². The fourth-order valence-electron chi connectivity index (χ4n) is 16.2. The van der Waals surface area contributed by atoms with Gasteiger partial charge in [-0.1, -0.05) is 128 Å². The Kier molecular flexibility index (Phi) is 29.7. The third kappa shape index (κ3) is 22.8. The SMILES string of the molecule is CC(=O)N(CCCCC[C@@H]1C[C@@H]2c3cccc4c3C(=CC4)C[C@H]2N(C)C1)[C@@H]1CCCCNC(=O)[C@H](Cc2ccc(F)cc2)CC(=O)[C@H]([C@@H](C)O)NC(=O)[C@H](CCCCN)NC(=O)[C@@H](Cc2c[nH]c3ccccc23)NC(=O)[C@H](Cc2ccccc2)NC(=O)[C@H](Cc2ccccc2)NC(=O)[C@H](CCCN=C(N)N)NC1=O. The molecule has 2 aliphatic carbocycles. The molecule has 15 N–H and O–H groups in total. The Balaban J connectivity index is 0.973. The van der Waals surface area contributed by atoms with Gasteiger partial charge in [0, 0.05) is 93.8 Å². The standard InChI is InChI=1S/C84H109FN14O10/c1-52(100)76-74(102)49-60(43-56-33-37-62(85)38-34-56)77(103)89-40-17-15-32-72(99(53(2)101)42-18-6-11-25-57-44-65-64-28-19-26-58-35-36-59(75(58)64)48-73(65)98(3)51-57)83(109)93-68(31-20-41-90-84(87)88)78(104)94-69(45-54-21-7-4-8-22-54)80(106)95-70(46-55-23-9-5-10-24-55)81(107)96-71(47-61-50-91-66-29-13-12-27-63(61)66)82(108)92-67(79(105)97-76)30-14-16-39-86/h4-5,7-10,12-13,19,21-24,26-29,33-34,36-38,50,52,57,60,65,67-73,76,91,100H,6,11,14-18,20,25,30-32,35,39-49,51,86H2,1-3H3,(H,89,103)(H,92,108)(H,93,109)(H,94,104)(H,95,106)(H,96,107)(H,97,105)(H4,87,88,90)/t52-,57-,60-,65-,67+,68+,69+,70+,71-,72-,73-,76+/m1/s1. The molecule has 2 saturated heterocycles. The van der Waals surface area contributed by atoms with Gasteiger partial charge in [-0.3, -0.25) is 48.1 Å². The summed E-state index contributed by atoms with van der Waals surface area (Å²) in [5.41, 5.74) is 26.4. The second-order valence-electron chi connectivity index (χ2n) is 30.0. The summed E-state index contributed by atoms with van der Waals surface area (Å²) >= 11 is 0. The number of aliphatic imine (C=N–C) groups is 1. The van der Waals surface area contributed by atoms with Crippen LogP contribution in [0.5, 0.6) is 0 Å². The minimum atomic E-state index is -1.60. The summed E-state index contributed by atoms with van der Waals surface area (Å²) in [7, 11) is 2.24. The highest BCUT2D eigenvalue weighted by Gasteiger charge is 2.42. The number of Topliss-reactive ketones (excluding diaryl/α,β-unsaturated/α-hetero) is 1. The summed E-state index contributed by atoms with van der Waals surface area (Å²) in [5.74, 6) is -7.28. The van der Waals surface area contributed by atoms with Crippen LogP contribution < -0.4 is 54.4 Å². The van der Waals surface area contributed by atoms with E-state index in [-0.39, 0.29) is 102 Å². The lowest BCUT2D eigenvalue weighted by Crippen LogP contribution is -2.61. The molecule has 109 heavy (non-hydrogen) atoms. The largest absolute Gasteiger partial charge is 0.391 e. The molecule has 12 atom stereocenters. The maximum absolute atomic E-state index is 15.4. The number of para-hydroxylation sites is 1. The van der Waals surface area contributed by atoms with Crippen LogP contribution in [0.1, 0.15) is 155 Å². The summed E-state index contributed by atoms with van der Waals surface area (Å²) < 4.78 is 14.4. The number of allylic oxidation sites excluding steroid dienone is 1. The van der Waals surface area contributed by atoms with E-state index in [1.54, 1.807) is 66.9 Å². The molecule has 0 radical (unpaired) electrons. The second kappa shape index (κ2) is 39.8. The smallest absolute Gasteiger partial charge is 0.243 e. The average Bonchev–Trinajstić information content (AvgIpc) is 1.68. The van der Waals surface area contributed by atoms with Crippen molar-refractivity contribution in [1.82, 2.24) is 52.0 Å². The number of unbranched alkanes of at least 4 members (excludes halogenated alkanes) is 3. The second-order valence-corrected chi connectivity index (χ2v) is 30.0. The lowest BCUT2D eigenvalue weighted by atomic mass is 9.69. The number of hydrogen-bond acceptors (Lipinski definition) is 13. The van der Waals surface area contributed by atoms with Crippen LogP contribution in [0.15, 0.2) is 145 Å². The Hall–Kier alpha value is -10.1. The number of H-pyrrole nitrogens is 1. The zero-order valence-corrected chi connectivity index (χ0v) is 63.0. The first kappa shape index (κ1) is 81.4. The number of aliphatic hydroxyl groups excluding tert-OH is 1. The van der Waals surface area contributed by atoms with Crippen LogP contribution in [0.25, 0.3) is 16.5 Å². The molecule has 2 aliphatic heterocycles. The number of nitrogens with two attached hydrogens (primary N) is 3. The number of carbonyl (C=O) groups is 9.